The highest BCUT2D eigenvalue weighted by molar-refractivity contribution is 5.61. The number of hydrogen-bond acceptors (Lipinski definition) is 2. The van der Waals surface area contributed by atoms with Crippen LogP contribution < -0.4 is 5.32 Å². The van der Waals surface area contributed by atoms with Crippen molar-refractivity contribution in [2.24, 2.45) is 11.8 Å². The third-order valence-corrected chi connectivity index (χ3v) is 3.28. The van der Waals surface area contributed by atoms with E-state index in [1.165, 1.54) is 11.1 Å². The van der Waals surface area contributed by atoms with Crippen LogP contribution in [0.1, 0.15) is 20.8 Å². The van der Waals surface area contributed by atoms with Gasteiger partial charge in [-0.05, 0) is 30.5 Å². The molecule has 0 spiro atoms. The van der Waals surface area contributed by atoms with Crippen molar-refractivity contribution in [3.63, 3.8) is 0 Å². The van der Waals surface area contributed by atoms with E-state index in [4.69, 9.17) is 0 Å². The van der Waals surface area contributed by atoms with Gasteiger partial charge >= 0.3 is 0 Å². The van der Waals surface area contributed by atoms with Crippen molar-refractivity contribution in [3.05, 3.63) is 42.7 Å². The molecule has 3 heteroatoms. The SMILES string of the molecule is CC(C)CNCC(C)Cn1cc(-c2ccccc2)cn1. The highest BCUT2D eigenvalue weighted by Gasteiger charge is 2.06. The van der Waals surface area contributed by atoms with Gasteiger partial charge in [0.2, 0.25) is 0 Å². The van der Waals surface area contributed by atoms with Crippen LogP contribution in [-0.4, -0.2) is 22.9 Å². The summed E-state index contributed by atoms with van der Waals surface area (Å²) in [6, 6.07) is 10.4. The Balaban J connectivity index is 1.86. The number of benzene rings is 1. The molecule has 1 aromatic heterocycles. The molecule has 1 unspecified atom stereocenters. The minimum absolute atomic E-state index is 0.581. The third-order valence-electron chi connectivity index (χ3n) is 3.28. The molecule has 0 radical (unpaired) electrons. The molecule has 1 atom stereocenters. The van der Waals surface area contributed by atoms with E-state index in [0.717, 1.165) is 19.6 Å². The first kappa shape index (κ1) is 14.8. The minimum Gasteiger partial charge on any atom is -0.316 e. The molecule has 0 aliphatic rings. The zero-order chi connectivity index (χ0) is 14.4. The lowest BCUT2D eigenvalue weighted by atomic mass is 10.1. The first-order valence-corrected chi connectivity index (χ1v) is 7.43. The molecule has 1 aromatic carbocycles. The van der Waals surface area contributed by atoms with E-state index in [1.807, 2.05) is 16.9 Å². The first-order valence-electron chi connectivity index (χ1n) is 7.43. The van der Waals surface area contributed by atoms with Crippen molar-refractivity contribution >= 4 is 0 Å². The Labute approximate surface area is 122 Å². The number of nitrogens with zero attached hydrogens (tertiary/aromatic N) is 2. The van der Waals surface area contributed by atoms with E-state index < -0.39 is 0 Å². The lowest BCUT2D eigenvalue weighted by Gasteiger charge is -2.13. The van der Waals surface area contributed by atoms with E-state index in [1.54, 1.807) is 0 Å². The van der Waals surface area contributed by atoms with Gasteiger partial charge in [0, 0.05) is 18.3 Å². The molecule has 2 aromatic rings. The maximum absolute atomic E-state index is 4.46. The van der Waals surface area contributed by atoms with Gasteiger partial charge in [-0.1, -0.05) is 51.1 Å². The Bertz CT molecular complexity index is 502. The second-order valence-corrected chi connectivity index (χ2v) is 5.97. The maximum atomic E-state index is 4.46. The molecular formula is C17H25N3. The van der Waals surface area contributed by atoms with Crippen LogP contribution in [0.3, 0.4) is 0 Å². The zero-order valence-electron chi connectivity index (χ0n) is 12.7. The second-order valence-electron chi connectivity index (χ2n) is 5.97. The van der Waals surface area contributed by atoms with Crippen LogP contribution in [0.2, 0.25) is 0 Å². The predicted octanol–water partition coefficient (Wildman–Crippen LogP) is 3.43. The molecule has 0 bridgehead atoms. The Kier molecular flexibility index (Phi) is 5.36. The van der Waals surface area contributed by atoms with Crippen molar-refractivity contribution in [1.82, 2.24) is 15.1 Å². The monoisotopic (exact) mass is 271 g/mol. The molecule has 0 amide bonds. The summed E-state index contributed by atoms with van der Waals surface area (Å²) >= 11 is 0. The summed E-state index contributed by atoms with van der Waals surface area (Å²) in [5.74, 6) is 1.29. The molecule has 0 fully saturated rings. The van der Waals surface area contributed by atoms with Gasteiger partial charge in [-0.3, -0.25) is 4.68 Å². The summed E-state index contributed by atoms with van der Waals surface area (Å²) in [7, 11) is 0. The van der Waals surface area contributed by atoms with Gasteiger partial charge in [0.1, 0.15) is 0 Å². The van der Waals surface area contributed by atoms with E-state index in [2.05, 4.69) is 61.6 Å². The molecule has 0 saturated heterocycles. The average molecular weight is 271 g/mol. The summed E-state index contributed by atoms with van der Waals surface area (Å²) in [5.41, 5.74) is 2.41. The smallest absolute Gasteiger partial charge is 0.0568 e. The minimum atomic E-state index is 0.581. The van der Waals surface area contributed by atoms with Gasteiger partial charge in [-0.25, -0.2) is 0 Å². The fourth-order valence-electron chi connectivity index (χ4n) is 2.25. The first-order chi connectivity index (χ1) is 9.65. The molecule has 1 heterocycles. The fourth-order valence-corrected chi connectivity index (χ4v) is 2.25. The summed E-state index contributed by atoms with van der Waals surface area (Å²) in [4.78, 5) is 0. The van der Waals surface area contributed by atoms with Crippen LogP contribution in [0.15, 0.2) is 42.7 Å². The van der Waals surface area contributed by atoms with Gasteiger partial charge in [0.25, 0.3) is 0 Å². The second kappa shape index (κ2) is 7.25. The highest BCUT2D eigenvalue weighted by Crippen LogP contribution is 2.17. The average Bonchev–Trinajstić information content (AvgIpc) is 2.88. The number of hydrogen-bond donors (Lipinski definition) is 1. The lowest BCUT2D eigenvalue weighted by Crippen LogP contribution is -2.27. The van der Waals surface area contributed by atoms with E-state index in [9.17, 15) is 0 Å². The fraction of sp³-hybridized carbons (Fsp3) is 0.471. The molecule has 0 saturated carbocycles. The van der Waals surface area contributed by atoms with Crippen LogP contribution in [0.4, 0.5) is 0 Å². The topological polar surface area (TPSA) is 29.9 Å². The van der Waals surface area contributed by atoms with E-state index >= 15 is 0 Å². The summed E-state index contributed by atoms with van der Waals surface area (Å²) in [6.45, 7) is 9.81. The van der Waals surface area contributed by atoms with Crippen molar-refractivity contribution in [1.29, 1.82) is 0 Å². The molecule has 2 rings (SSSR count). The third kappa shape index (κ3) is 4.49. The number of rotatable bonds is 7. The molecule has 20 heavy (non-hydrogen) atoms. The molecule has 1 N–H and O–H groups in total. The molecule has 108 valence electrons. The standard InChI is InChI=1S/C17H25N3/c1-14(2)9-18-10-15(3)12-20-13-17(11-19-20)16-7-5-4-6-8-16/h4-8,11,13-15,18H,9-10,12H2,1-3H3. The summed E-state index contributed by atoms with van der Waals surface area (Å²) < 4.78 is 2.05. The van der Waals surface area contributed by atoms with Crippen LogP contribution in [0, 0.1) is 11.8 Å². The number of nitrogens with one attached hydrogen (secondary N) is 1. The summed E-state index contributed by atoms with van der Waals surface area (Å²) in [5, 5.41) is 7.97. The van der Waals surface area contributed by atoms with Crippen LogP contribution in [0.5, 0.6) is 0 Å². The van der Waals surface area contributed by atoms with E-state index in [-0.39, 0.29) is 0 Å². The van der Waals surface area contributed by atoms with Crippen LogP contribution >= 0.6 is 0 Å². The molecule has 3 nitrogen and oxygen atoms in total. The van der Waals surface area contributed by atoms with Gasteiger partial charge in [0.15, 0.2) is 0 Å². The maximum Gasteiger partial charge on any atom is 0.0568 e. The van der Waals surface area contributed by atoms with Gasteiger partial charge in [-0.2, -0.15) is 5.10 Å². The zero-order valence-corrected chi connectivity index (χ0v) is 12.7. The Morgan fingerprint density at radius 2 is 1.80 bits per heavy atom. The van der Waals surface area contributed by atoms with Crippen molar-refractivity contribution in [2.45, 2.75) is 27.3 Å². The van der Waals surface area contributed by atoms with Gasteiger partial charge in [0.05, 0.1) is 6.20 Å². The largest absolute Gasteiger partial charge is 0.316 e. The molecule has 0 aliphatic heterocycles. The van der Waals surface area contributed by atoms with Crippen molar-refractivity contribution in [2.75, 3.05) is 13.1 Å². The Morgan fingerprint density at radius 3 is 2.50 bits per heavy atom. The van der Waals surface area contributed by atoms with Crippen molar-refractivity contribution < 1.29 is 0 Å². The van der Waals surface area contributed by atoms with Crippen molar-refractivity contribution in [3.8, 4) is 11.1 Å². The normalized spacial score (nSPS) is 12.8. The quantitative estimate of drug-likeness (QED) is 0.836. The summed E-state index contributed by atoms with van der Waals surface area (Å²) in [6.07, 6.45) is 4.08. The van der Waals surface area contributed by atoms with E-state index in [0.29, 0.717) is 11.8 Å². The predicted molar refractivity (Wildman–Crippen MR) is 84.5 cm³/mol. The molecular weight excluding hydrogens is 246 g/mol. The van der Waals surface area contributed by atoms with Crippen LogP contribution in [-0.2, 0) is 6.54 Å². The van der Waals surface area contributed by atoms with Crippen LogP contribution in [0.25, 0.3) is 11.1 Å². The van der Waals surface area contributed by atoms with Gasteiger partial charge in [-0.15, -0.1) is 0 Å². The Hall–Kier alpha value is -1.61. The van der Waals surface area contributed by atoms with Gasteiger partial charge < -0.3 is 5.32 Å². The number of aromatic nitrogens is 2. The lowest BCUT2D eigenvalue weighted by molar-refractivity contribution is 0.409. The highest BCUT2D eigenvalue weighted by atomic mass is 15.3. The Morgan fingerprint density at radius 1 is 1.05 bits per heavy atom. The molecule has 0 aliphatic carbocycles.